The molecule has 0 bridgehead atoms. The molecule has 0 aromatic rings. The van der Waals surface area contributed by atoms with Gasteiger partial charge in [0.15, 0.2) is 0 Å². The van der Waals surface area contributed by atoms with Crippen LogP contribution < -0.4 is 5.73 Å². The number of rotatable bonds is 7. The SMILES string of the molecule is CC(=O)OC(CCN)C(CCO)OC(C)=O.COC(C)=O.COC(C)=O. The topological polar surface area (TPSA) is 151 Å². The number of aliphatic hydroxyl groups excluding tert-OH is 1. The van der Waals surface area contributed by atoms with E-state index in [0.29, 0.717) is 13.0 Å². The van der Waals surface area contributed by atoms with E-state index < -0.39 is 24.1 Å². The molecule has 0 spiro atoms. The fourth-order valence-corrected chi connectivity index (χ4v) is 1.36. The van der Waals surface area contributed by atoms with Gasteiger partial charge < -0.3 is 29.8 Å². The molecule has 26 heavy (non-hydrogen) atoms. The molecule has 0 aromatic carbocycles. The Hall–Kier alpha value is -2.20. The van der Waals surface area contributed by atoms with E-state index in [9.17, 15) is 19.2 Å². The van der Waals surface area contributed by atoms with Crippen LogP contribution in [0.1, 0.15) is 40.5 Å². The number of hydrogen-bond acceptors (Lipinski definition) is 10. The molecule has 154 valence electrons. The minimum Gasteiger partial charge on any atom is -0.469 e. The smallest absolute Gasteiger partial charge is 0.303 e. The van der Waals surface area contributed by atoms with Crippen molar-refractivity contribution >= 4 is 23.9 Å². The molecule has 0 amide bonds. The molecule has 3 N–H and O–H groups in total. The molecule has 10 nitrogen and oxygen atoms in total. The molecule has 0 heterocycles. The predicted octanol–water partition coefficient (Wildman–Crippen LogP) is -0.0604. The summed E-state index contributed by atoms with van der Waals surface area (Å²) in [5.74, 6) is -1.43. The summed E-state index contributed by atoms with van der Waals surface area (Å²) in [7, 11) is 2.70. The summed E-state index contributed by atoms with van der Waals surface area (Å²) in [6.45, 7) is 5.41. The van der Waals surface area contributed by atoms with E-state index in [-0.39, 0.29) is 25.0 Å². The quantitative estimate of drug-likeness (QED) is 0.453. The number of carbonyl (C=O) groups excluding carboxylic acids is 4. The Labute approximate surface area is 153 Å². The maximum atomic E-state index is 10.9. The standard InChI is InChI=1S/C10H19NO5.2C3H6O2/c1-7(13)15-9(3-5-11)10(4-6-12)16-8(2)14;2*1-3(4)5-2/h9-10,12H,3-6,11H2,1-2H3;2*1-2H3. The summed E-state index contributed by atoms with van der Waals surface area (Å²) in [5.41, 5.74) is 5.38. The summed E-state index contributed by atoms with van der Waals surface area (Å²) in [4.78, 5) is 40.9. The third-order valence-corrected chi connectivity index (χ3v) is 2.49. The normalized spacial score (nSPS) is 11.2. The first kappa shape index (κ1) is 28.6. The van der Waals surface area contributed by atoms with Crippen molar-refractivity contribution in [2.45, 2.75) is 52.7 Å². The molecule has 2 unspecified atom stereocenters. The van der Waals surface area contributed by atoms with Gasteiger partial charge in [0.1, 0.15) is 12.2 Å². The van der Waals surface area contributed by atoms with Crippen molar-refractivity contribution < 1.29 is 43.2 Å². The van der Waals surface area contributed by atoms with Crippen molar-refractivity contribution in [3.63, 3.8) is 0 Å². The van der Waals surface area contributed by atoms with Gasteiger partial charge in [-0.15, -0.1) is 0 Å². The third-order valence-electron chi connectivity index (χ3n) is 2.49. The lowest BCUT2D eigenvalue weighted by Crippen LogP contribution is -2.36. The van der Waals surface area contributed by atoms with Crippen molar-refractivity contribution in [1.29, 1.82) is 0 Å². The number of methoxy groups -OCH3 is 2. The maximum Gasteiger partial charge on any atom is 0.303 e. The van der Waals surface area contributed by atoms with Crippen LogP contribution in [0.15, 0.2) is 0 Å². The van der Waals surface area contributed by atoms with E-state index in [1.807, 2.05) is 0 Å². The lowest BCUT2D eigenvalue weighted by molar-refractivity contribution is -0.166. The molecule has 0 aliphatic carbocycles. The largest absolute Gasteiger partial charge is 0.469 e. The van der Waals surface area contributed by atoms with Crippen molar-refractivity contribution in [1.82, 2.24) is 0 Å². The van der Waals surface area contributed by atoms with Gasteiger partial charge in [0.25, 0.3) is 0 Å². The summed E-state index contributed by atoms with van der Waals surface area (Å²) in [6.07, 6.45) is -0.636. The van der Waals surface area contributed by atoms with E-state index in [4.69, 9.17) is 20.3 Å². The summed E-state index contributed by atoms with van der Waals surface area (Å²) in [6, 6.07) is 0. The molecule has 0 fully saturated rings. The zero-order chi connectivity index (χ0) is 21.1. The Morgan fingerprint density at radius 2 is 1.08 bits per heavy atom. The van der Waals surface area contributed by atoms with Crippen LogP contribution in [0, 0.1) is 0 Å². The molecule has 2 atom stereocenters. The molecule has 0 saturated carbocycles. The van der Waals surface area contributed by atoms with Crippen molar-refractivity contribution in [3.05, 3.63) is 0 Å². The highest BCUT2D eigenvalue weighted by Gasteiger charge is 2.25. The Morgan fingerprint density at radius 3 is 1.27 bits per heavy atom. The molecule has 0 aliphatic rings. The third kappa shape index (κ3) is 24.1. The van der Waals surface area contributed by atoms with Crippen LogP contribution in [-0.2, 0) is 38.1 Å². The van der Waals surface area contributed by atoms with E-state index in [2.05, 4.69) is 9.47 Å². The number of esters is 4. The van der Waals surface area contributed by atoms with Gasteiger partial charge in [-0.3, -0.25) is 19.2 Å². The number of ether oxygens (including phenoxy) is 4. The van der Waals surface area contributed by atoms with Crippen LogP contribution in [0.3, 0.4) is 0 Å². The molecule has 0 radical (unpaired) electrons. The molecule has 0 aromatic heterocycles. The lowest BCUT2D eigenvalue weighted by Gasteiger charge is -2.25. The summed E-state index contributed by atoms with van der Waals surface area (Å²) >= 11 is 0. The highest BCUT2D eigenvalue weighted by atomic mass is 16.6. The first-order chi connectivity index (χ1) is 12.0. The number of nitrogens with two attached hydrogens (primary N) is 1. The predicted molar refractivity (Wildman–Crippen MR) is 91.9 cm³/mol. The Bertz CT molecular complexity index is 375. The van der Waals surface area contributed by atoms with Gasteiger partial charge in [-0.2, -0.15) is 0 Å². The molecule has 0 saturated heterocycles. The van der Waals surface area contributed by atoms with Crippen LogP contribution in [0.2, 0.25) is 0 Å². The Morgan fingerprint density at radius 1 is 0.769 bits per heavy atom. The first-order valence-electron chi connectivity index (χ1n) is 7.80. The van der Waals surface area contributed by atoms with E-state index in [0.717, 1.165) is 0 Å². The van der Waals surface area contributed by atoms with Gasteiger partial charge in [-0.25, -0.2) is 0 Å². The molecular weight excluding hydrogens is 350 g/mol. The highest BCUT2D eigenvalue weighted by Crippen LogP contribution is 2.12. The molecule has 10 heteroatoms. The zero-order valence-corrected chi connectivity index (χ0v) is 16.3. The van der Waals surface area contributed by atoms with Crippen LogP contribution in [0.4, 0.5) is 0 Å². The minimum atomic E-state index is -0.644. The fraction of sp³-hybridized carbons (Fsp3) is 0.750. The van der Waals surface area contributed by atoms with Crippen molar-refractivity contribution in [2.24, 2.45) is 5.73 Å². The zero-order valence-electron chi connectivity index (χ0n) is 16.3. The molecular formula is C16H31NO9. The van der Waals surface area contributed by atoms with E-state index in [1.54, 1.807) is 0 Å². The number of hydrogen-bond donors (Lipinski definition) is 2. The average molecular weight is 381 g/mol. The Balaban J connectivity index is -0.000000433. The second kappa shape index (κ2) is 19.1. The monoisotopic (exact) mass is 381 g/mol. The molecule has 0 rings (SSSR count). The van der Waals surface area contributed by atoms with Gasteiger partial charge in [0.05, 0.1) is 14.2 Å². The van der Waals surface area contributed by atoms with Gasteiger partial charge in [-0.1, -0.05) is 0 Å². The van der Waals surface area contributed by atoms with E-state index in [1.165, 1.54) is 41.9 Å². The Kier molecular flexibility index (Phi) is 21.0. The van der Waals surface area contributed by atoms with E-state index >= 15 is 0 Å². The summed E-state index contributed by atoms with van der Waals surface area (Å²) in [5, 5.41) is 8.84. The van der Waals surface area contributed by atoms with Gasteiger partial charge in [0, 0.05) is 47.1 Å². The van der Waals surface area contributed by atoms with Gasteiger partial charge in [0.2, 0.25) is 0 Å². The number of aliphatic hydroxyl groups is 1. The maximum absolute atomic E-state index is 10.9. The van der Waals surface area contributed by atoms with Gasteiger partial charge in [-0.05, 0) is 6.54 Å². The second-order valence-corrected chi connectivity index (χ2v) is 4.78. The molecule has 0 aliphatic heterocycles. The van der Waals surface area contributed by atoms with Crippen LogP contribution in [-0.4, -0.2) is 68.6 Å². The van der Waals surface area contributed by atoms with Crippen LogP contribution in [0.25, 0.3) is 0 Å². The van der Waals surface area contributed by atoms with Gasteiger partial charge >= 0.3 is 23.9 Å². The fourth-order valence-electron chi connectivity index (χ4n) is 1.36. The van der Waals surface area contributed by atoms with Crippen LogP contribution in [0.5, 0.6) is 0 Å². The average Bonchev–Trinajstić information content (AvgIpc) is 2.54. The number of carbonyl (C=O) groups is 4. The minimum absolute atomic E-state index is 0.152. The highest BCUT2D eigenvalue weighted by molar-refractivity contribution is 5.67. The summed E-state index contributed by atoms with van der Waals surface area (Å²) < 4.78 is 18.2. The van der Waals surface area contributed by atoms with Crippen LogP contribution >= 0.6 is 0 Å². The van der Waals surface area contributed by atoms with Crippen molar-refractivity contribution in [2.75, 3.05) is 27.4 Å². The second-order valence-electron chi connectivity index (χ2n) is 4.78. The lowest BCUT2D eigenvalue weighted by atomic mass is 10.1. The first-order valence-corrected chi connectivity index (χ1v) is 7.80. The van der Waals surface area contributed by atoms with Crippen molar-refractivity contribution in [3.8, 4) is 0 Å².